The molecule has 2 aromatic rings. The van der Waals surface area contributed by atoms with Gasteiger partial charge in [-0.3, -0.25) is 0 Å². The van der Waals surface area contributed by atoms with E-state index in [1.807, 2.05) is 0 Å². The average molecular weight is 189 g/mol. The van der Waals surface area contributed by atoms with E-state index in [2.05, 4.69) is 35.9 Å². The normalized spacial score (nSPS) is 11.1. The van der Waals surface area contributed by atoms with Gasteiger partial charge in [0.25, 0.3) is 0 Å². The van der Waals surface area contributed by atoms with Crippen molar-refractivity contribution in [2.75, 3.05) is 0 Å². The summed E-state index contributed by atoms with van der Waals surface area (Å²) in [5, 5.41) is 0. The van der Waals surface area contributed by atoms with E-state index >= 15 is 0 Å². The number of benzene rings is 1. The van der Waals surface area contributed by atoms with Crippen LogP contribution in [0.4, 0.5) is 0 Å². The number of hydrogen-bond acceptors (Lipinski definition) is 2. The fraction of sp³-hybridized carbons (Fsp3) is 0.364. The standard InChI is InChI=1S/C11H15N3/c1-3-8-5-10-9(4-7(8)2)13-11(6-12)14-10/h4-5H,3,6,12H2,1-2H3,(H,13,14). The second kappa shape index (κ2) is 3.42. The number of imidazole rings is 1. The molecule has 0 atom stereocenters. The molecule has 0 amide bonds. The number of hydrogen-bond donors (Lipinski definition) is 2. The summed E-state index contributed by atoms with van der Waals surface area (Å²) in [6.45, 7) is 4.75. The summed E-state index contributed by atoms with van der Waals surface area (Å²) in [7, 11) is 0. The molecule has 2 rings (SSSR count). The van der Waals surface area contributed by atoms with Crippen LogP contribution in [0.5, 0.6) is 0 Å². The SMILES string of the molecule is CCc1cc2nc(CN)[nH]c2cc1C. The van der Waals surface area contributed by atoms with Crippen molar-refractivity contribution < 1.29 is 0 Å². The van der Waals surface area contributed by atoms with Crippen LogP contribution in [-0.4, -0.2) is 9.97 Å². The van der Waals surface area contributed by atoms with Crippen molar-refractivity contribution in [3.05, 3.63) is 29.1 Å². The predicted molar refractivity (Wildman–Crippen MR) is 58.1 cm³/mol. The van der Waals surface area contributed by atoms with Crippen molar-refractivity contribution in [2.45, 2.75) is 26.8 Å². The highest BCUT2D eigenvalue weighted by molar-refractivity contribution is 5.77. The quantitative estimate of drug-likeness (QED) is 0.758. The van der Waals surface area contributed by atoms with Gasteiger partial charge in [-0.15, -0.1) is 0 Å². The molecule has 14 heavy (non-hydrogen) atoms. The largest absolute Gasteiger partial charge is 0.341 e. The number of H-pyrrole nitrogens is 1. The number of rotatable bonds is 2. The summed E-state index contributed by atoms with van der Waals surface area (Å²) in [5.41, 5.74) is 10.3. The lowest BCUT2D eigenvalue weighted by Crippen LogP contribution is -1.97. The Morgan fingerprint density at radius 3 is 2.86 bits per heavy atom. The number of nitrogens with two attached hydrogens (primary N) is 1. The van der Waals surface area contributed by atoms with Crippen LogP contribution in [0, 0.1) is 6.92 Å². The second-order valence-electron chi connectivity index (χ2n) is 3.54. The van der Waals surface area contributed by atoms with Gasteiger partial charge in [0.15, 0.2) is 0 Å². The summed E-state index contributed by atoms with van der Waals surface area (Å²) < 4.78 is 0. The van der Waals surface area contributed by atoms with E-state index in [1.54, 1.807) is 0 Å². The van der Waals surface area contributed by atoms with Gasteiger partial charge in [0.2, 0.25) is 0 Å². The number of nitrogens with zero attached hydrogens (tertiary/aromatic N) is 1. The zero-order chi connectivity index (χ0) is 10.1. The molecule has 0 spiro atoms. The molecule has 0 aliphatic carbocycles. The van der Waals surface area contributed by atoms with Gasteiger partial charge < -0.3 is 10.7 Å². The maximum atomic E-state index is 5.53. The highest BCUT2D eigenvalue weighted by Crippen LogP contribution is 2.18. The maximum absolute atomic E-state index is 5.53. The van der Waals surface area contributed by atoms with Gasteiger partial charge in [-0.25, -0.2) is 4.98 Å². The van der Waals surface area contributed by atoms with Crippen molar-refractivity contribution in [3.63, 3.8) is 0 Å². The molecule has 1 heterocycles. The Kier molecular flexibility index (Phi) is 2.25. The van der Waals surface area contributed by atoms with Gasteiger partial charge in [-0.2, -0.15) is 0 Å². The van der Waals surface area contributed by atoms with Crippen molar-refractivity contribution in [1.29, 1.82) is 0 Å². The molecule has 3 heteroatoms. The molecule has 1 aromatic heterocycles. The first kappa shape index (κ1) is 9.21. The molecule has 0 saturated carbocycles. The first-order valence-electron chi connectivity index (χ1n) is 4.92. The molecule has 3 nitrogen and oxygen atoms in total. The third kappa shape index (κ3) is 1.40. The lowest BCUT2D eigenvalue weighted by atomic mass is 10.1. The van der Waals surface area contributed by atoms with Gasteiger partial charge in [-0.05, 0) is 36.6 Å². The first-order valence-corrected chi connectivity index (χ1v) is 4.92. The van der Waals surface area contributed by atoms with Crippen molar-refractivity contribution >= 4 is 11.0 Å². The topological polar surface area (TPSA) is 54.7 Å². The van der Waals surface area contributed by atoms with Crippen molar-refractivity contribution in [3.8, 4) is 0 Å². The molecule has 0 unspecified atom stereocenters. The monoisotopic (exact) mass is 189 g/mol. The molecule has 1 aromatic carbocycles. The number of aromatic amines is 1. The van der Waals surface area contributed by atoms with E-state index in [0.717, 1.165) is 23.3 Å². The molecule has 3 N–H and O–H groups in total. The number of aromatic nitrogens is 2. The highest BCUT2D eigenvalue weighted by atomic mass is 14.9. The summed E-state index contributed by atoms with van der Waals surface area (Å²) in [4.78, 5) is 7.60. The van der Waals surface area contributed by atoms with Gasteiger partial charge >= 0.3 is 0 Å². The second-order valence-corrected chi connectivity index (χ2v) is 3.54. The minimum absolute atomic E-state index is 0.467. The Morgan fingerprint density at radius 1 is 1.43 bits per heavy atom. The average Bonchev–Trinajstić information content (AvgIpc) is 2.58. The Bertz CT molecular complexity index is 457. The first-order chi connectivity index (χ1) is 6.74. The maximum Gasteiger partial charge on any atom is 0.121 e. The number of aryl methyl sites for hydroxylation is 2. The van der Waals surface area contributed by atoms with E-state index in [9.17, 15) is 0 Å². The van der Waals surface area contributed by atoms with Crippen LogP contribution >= 0.6 is 0 Å². The van der Waals surface area contributed by atoms with E-state index < -0.39 is 0 Å². The lowest BCUT2D eigenvalue weighted by molar-refractivity contribution is 0.958. The van der Waals surface area contributed by atoms with Crippen LogP contribution < -0.4 is 5.73 Å². The van der Waals surface area contributed by atoms with Crippen molar-refractivity contribution in [1.82, 2.24) is 9.97 Å². The van der Waals surface area contributed by atoms with Crippen LogP contribution in [0.3, 0.4) is 0 Å². The van der Waals surface area contributed by atoms with Crippen LogP contribution in [-0.2, 0) is 13.0 Å². The Labute approximate surface area is 83.3 Å². The van der Waals surface area contributed by atoms with Gasteiger partial charge in [0, 0.05) is 0 Å². The minimum Gasteiger partial charge on any atom is -0.341 e. The van der Waals surface area contributed by atoms with Gasteiger partial charge in [-0.1, -0.05) is 6.92 Å². The summed E-state index contributed by atoms with van der Waals surface area (Å²) in [6.07, 6.45) is 1.05. The van der Waals surface area contributed by atoms with Crippen LogP contribution in [0.15, 0.2) is 12.1 Å². The van der Waals surface area contributed by atoms with E-state index in [4.69, 9.17) is 5.73 Å². The highest BCUT2D eigenvalue weighted by Gasteiger charge is 2.04. The predicted octanol–water partition coefficient (Wildman–Crippen LogP) is 1.89. The van der Waals surface area contributed by atoms with Crippen molar-refractivity contribution in [2.24, 2.45) is 5.73 Å². The summed E-state index contributed by atoms with van der Waals surface area (Å²) in [6, 6.07) is 4.28. The van der Waals surface area contributed by atoms with Crippen LogP contribution in [0.1, 0.15) is 23.9 Å². The van der Waals surface area contributed by atoms with Crippen LogP contribution in [0.25, 0.3) is 11.0 Å². The van der Waals surface area contributed by atoms with Gasteiger partial charge in [0.1, 0.15) is 5.82 Å². The fourth-order valence-corrected chi connectivity index (χ4v) is 1.74. The summed E-state index contributed by atoms with van der Waals surface area (Å²) >= 11 is 0. The van der Waals surface area contributed by atoms with Crippen LogP contribution in [0.2, 0.25) is 0 Å². The zero-order valence-electron chi connectivity index (χ0n) is 8.59. The molecule has 74 valence electrons. The number of nitrogens with one attached hydrogen (secondary N) is 1. The third-order valence-corrected chi connectivity index (χ3v) is 2.56. The Balaban J connectivity index is 2.64. The summed E-state index contributed by atoms with van der Waals surface area (Å²) in [5.74, 6) is 0.854. The molecule has 0 saturated heterocycles. The molecular weight excluding hydrogens is 174 g/mol. The molecular formula is C11H15N3. The van der Waals surface area contributed by atoms with E-state index in [-0.39, 0.29) is 0 Å². The molecule has 0 radical (unpaired) electrons. The molecule has 0 fully saturated rings. The van der Waals surface area contributed by atoms with Gasteiger partial charge in [0.05, 0.1) is 17.6 Å². The minimum atomic E-state index is 0.467. The molecule has 0 bridgehead atoms. The Hall–Kier alpha value is -1.35. The molecule has 0 aliphatic heterocycles. The smallest absolute Gasteiger partial charge is 0.121 e. The van der Waals surface area contributed by atoms with E-state index in [0.29, 0.717) is 6.54 Å². The lowest BCUT2D eigenvalue weighted by Gasteiger charge is -2.01. The number of fused-ring (bicyclic) bond motifs is 1. The van der Waals surface area contributed by atoms with E-state index in [1.165, 1.54) is 11.1 Å². The fourth-order valence-electron chi connectivity index (χ4n) is 1.74. The Morgan fingerprint density at radius 2 is 2.21 bits per heavy atom. The zero-order valence-corrected chi connectivity index (χ0v) is 8.59. The molecule has 0 aliphatic rings. The third-order valence-electron chi connectivity index (χ3n) is 2.56.